The Morgan fingerprint density at radius 1 is 1.13 bits per heavy atom. The van der Waals surface area contributed by atoms with Crippen LogP contribution in [0.15, 0.2) is 42.0 Å². The quantitative estimate of drug-likeness (QED) is 0.512. The van der Waals surface area contributed by atoms with Crippen molar-refractivity contribution >= 4 is 5.57 Å². The first-order chi connectivity index (χ1) is 14.1. The highest BCUT2D eigenvalue weighted by Crippen LogP contribution is 2.50. The molecule has 1 nitrogen and oxygen atoms in total. The van der Waals surface area contributed by atoms with E-state index in [1.807, 2.05) is 0 Å². The number of rotatable bonds is 3. The molecule has 2 heteroatoms. The van der Waals surface area contributed by atoms with Crippen LogP contribution in [-0.4, -0.2) is 17.5 Å². The Morgan fingerprint density at radius 3 is 2.47 bits per heavy atom. The molecule has 4 rings (SSSR count). The van der Waals surface area contributed by atoms with Gasteiger partial charge in [-0.3, -0.25) is 4.90 Å². The van der Waals surface area contributed by atoms with Crippen LogP contribution in [0.4, 0.5) is 4.39 Å². The Balaban J connectivity index is 1.90. The van der Waals surface area contributed by atoms with Crippen molar-refractivity contribution in [2.45, 2.75) is 79.3 Å². The fourth-order valence-electron chi connectivity index (χ4n) is 5.42. The molecule has 0 fully saturated rings. The summed E-state index contributed by atoms with van der Waals surface area (Å²) < 4.78 is 15.7. The first-order valence-electron chi connectivity index (χ1n) is 11.4. The van der Waals surface area contributed by atoms with E-state index in [1.165, 1.54) is 22.3 Å². The molecule has 0 unspecified atom stereocenters. The molecule has 2 atom stereocenters. The van der Waals surface area contributed by atoms with Gasteiger partial charge in [-0.2, -0.15) is 0 Å². The molecule has 2 aromatic rings. The molecule has 2 aromatic carbocycles. The number of hydrogen-bond donors (Lipinski definition) is 0. The van der Waals surface area contributed by atoms with E-state index in [1.54, 1.807) is 6.07 Å². The largest absolute Gasteiger partial charge is 0.289 e. The van der Waals surface area contributed by atoms with Crippen molar-refractivity contribution in [3.05, 3.63) is 75.6 Å². The van der Waals surface area contributed by atoms with E-state index in [0.717, 1.165) is 36.1 Å². The molecule has 30 heavy (non-hydrogen) atoms. The molecule has 0 aromatic heterocycles. The van der Waals surface area contributed by atoms with Gasteiger partial charge in [-0.15, -0.1) is 0 Å². The van der Waals surface area contributed by atoms with Crippen LogP contribution >= 0.6 is 0 Å². The number of aryl methyl sites for hydroxylation is 1. The Kier molecular flexibility index (Phi) is 5.43. The number of hydrogen-bond acceptors (Lipinski definition) is 1. The van der Waals surface area contributed by atoms with Crippen LogP contribution in [0.1, 0.15) is 87.7 Å². The lowest BCUT2D eigenvalue weighted by Gasteiger charge is -2.45. The van der Waals surface area contributed by atoms with Crippen LogP contribution in [0, 0.1) is 18.2 Å². The topological polar surface area (TPSA) is 3.24 Å². The molecular weight excluding hydrogens is 369 g/mol. The maximum absolute atomic E-state index is 15.7. The van der Waals surface area contributed by atoms with E-state index < -0.39 is 0 Å². The van der Waals surface area contributed by atoms with Gasteiger partial charge in [-0.1, -0.05) is 65.0 Å². The van der Waals surface area contributed by atoms with Gasteiger partial charge in [0.2, 0.25) is 0 Å². The molecule has 0 amide bonds. The minimum absolute atomic E-state index is 0.0107. The summed E-state index contributed by atoms with van der Waals surface area (Å²) in [6.07, 6.45) is 1.98. The first-order valence-corrected chi connectivity index (χ1v) is 11.4. The van der Waals surface area contributed by atoms with Gasteiger partial charge < -0.3 is 0 Å². The van der Waals surface area contributed by atoms with E-state index in [9.17, 15) is 0 Å². The van der Waals surface area contributed by atoms with Gasteiger partial charge in [-0.05, 0) is 77.5 Å². The van der Waals surface area contributed by atoms with E-state index in [2.05, 4.69) is 83.7 Å². The van der Waals surface area contributed by atoms with E-state index in [4.69, 9.17) is 0 Å². The lowest BCUT2D eigenvalue weighted by molar-refractivity contribution is 0.103. The highest BCUT2D eigenvalue weighted by molar-refractivity contribution is 5.79. The van der Waals surface area contributed by atoms with E-state index in [0.29, 0.717) is 12.0 Å². The SMILES string of the molecule is Cc1cc(C(C)C)cc(F)c1[C@@H]1C2=C(C[C@@H](C)N1CC(C)(C)C)c1ccccc1C2. The maximum atomic E-state index is 15.7. The zero-order chi connectivity index (χ0) is 21.8. The van der Waals surface area contributed by atoms with Gasteiger partial charge >= 0.3 is 0 Å². The third-order valence-corrected chi connectivity index (χ3v) is 6.79. The average molecular weight is 406 g/mol. The van der Waals surface area contributed by atoms with Crippen LogP contribution in [0.2, 0.25) is 0 Å². The zero-order valence-electron chi connectivity index (χ0n) is 19.6. The molecule has 0 N–H and O–H groups in total. The maximum Gasteiger partial charge on any atom is 0.128 e. The van der Waals surface area contributed by atoms with Crippen molar-refractivity contribution in [1.29, 1.82) is 0 Å². The zero-order valence-corrected chi connectivity index (χ0v) is 19.6. The molecule has 0 radical (unpaired) electrons. The minimum atomic E-state index is -0.0421. The molecular formula is C28H36FN. The van der Waals surface area contributed by atoms with Crippen molar-refractivity contribution in [3.8, 4) is 0 Å². The normalized spacial score (nSPS) is 21.9. The Bertz CT molecular complexity index is 969. The van der Waals surface area contributed by atoms with Crippen LogP contribution in [-0.2, 0) is 6.42 Å². The first kappa shape index (κ1) is 21.3. The Labute approximate surface area is 182 Å². The van der Waals surface area contributed by atoms with E-state index in [-0.39, 0.29) is 17.3 Å². The summed E-state index contributed by atoms with van der Waals surface area (Å²) in [5.41, 5.74) is 8.86. The van der Waals surface area contributed by atoms with Gasteiger partial charge in [-0.25, -0.2) is 4.39 Å². The summed E-state index contributed by atoms with van der Waals surface area (Å²) in [6.45, 7) is 16.5. The average Bonchev–Trinajstić information content (AvgIpc) is 3.00. The fraction of sp³-hybridized carbons (Fsp3) is 0.500. The molecule has 0 bridgehead atoms. The third kappa shape index (κ3) is 3.75. The summed E-state index contributed by atoms with van der Waals surface area (Å²) in [6, 6.07) is 13.1. The highest BCUT2D eigenvalue weighted by atomic mass is 19.1. The molecule has 2 aliphatic rings. The summed E-state index contributed by atoms with van der Waals surface area (Å²) in [7, 11) is 0. The summed E-state index contributed by atoms with van der Waals surface area (Å²) in [5.74, 6) is 0.285. The third-order valence-electron chi connectivity index (χ3n) is 6.79. The standard InChI is InChI=1S/C28H36FN/c1-17(2)21-12-18(3)26(25(29)15-21)27-24-14-20-10-8-9-11-22(20)23(24)13-19(4)30(27)16-28(5,6)7/h8-12,15,17,19,27H,13-14,16H2,1-7H3/t19-,27+/m1/s1. The molecule has 0 spiro atoms. The number of halogens is 1. The predicted octanol–water partition coefficient (Wildman–Crippen LogP) is 7.45. The van der Waals surface area contributed by atoms with Crippen LogP contribution in [0.3, 0.4) is 0 Å². The Hall–Kier alpha value is -1.93. The minimum Gasteiger partial charge on any atom is -0.289 e. The predicted molar refractivity (Wildman–Crippen MR) is 125 cm³/mol. The second-order valence-electron chi connectivity index (χ2n) is 10.9. The summed E-state index contributed by atoms with van der Waals surface area (Å²) in [5, 5.41) is 0. The van der Waals surface area contributed by atoms with Crippen molar-refractivity contribution in [2.24, 2.45) is 5.41 Å². The molecule has 1 heterocycles. The molecule has 0 saturated heterocycles. The number of nitrogens with zero attached hydrogens (tertiary/aromatic N) is 1. The summed E-state index contributed by atoms with van der Waals surface area (Å²) >= 11 is 0. The monoisotopic (exact) mass is 405 g/mol. The molecule has 160 valence electrons. The highest BCUT2D eigenvalue weighted by Gasteiger charge is 2.41. The van der Waals surface area contributed by atoms with Gasteiger partial charge in [0.25, 0.3) is 0 Å². The van der Waals surface area contributed by atoms with Crippen LogP contribution in [0.25, 0.3) is 5.57 Å². The number of fused-ring (bicyclic) bond motifs is 2. The molecule has 1 aliphatic heterocycles. The second-order valence-corrected chi connectivity index (χ2v) is 10.9. The molecule has 0 saturated carbocycles. The van der Waals surface area contributed by atoms with Gasteiger partial charge in [0.05, 0.1) is 6.04 Å². The van der Waals surface area contributed by atoms with Gasteiger partial charge in [0.15, 0.2) is 0 Å². The lowest BCUT2D eigenvalue weighted by atomic mass is 9.81. The Morgan fingerprint density at radius 2 is 1.83 bits per heavy atom. The van der Waals surface area contributed by atoms with E-state index >= 15 is 4.39 Å². The van der Waals surface area contributed by atoms with Crippen LogP contribution in [0.5, 0.6) is 0 Å². The number of benzene rings is 2. The fourth-order valence-corrected chi connectivity index (χ4v) is 5.42. The van der Waals surface area contributed by atoms with Gasteiger partial charge in [0, 0.05) is 18.2 Å². The smallest absolute Gasteiger partial charge is 0.128 e. The summed E-state index contributed by atoms with van der Waals surface area (Å²) in [4.78, 5) is 2.57. The van der Waals surface area contributed by atoms with Gasteiger partial charge in [0.1, 0.15) is 5.82 Å². The second kappa shape index (κ2) is 7.64. The van der Waals surface area contributed by atoms with Crippen molar-refractivity contribution in [3.63, 3.8) is 0 Å². The van der Waals surface area contributed by atoms with Crippen LogP contribution < -0.4 is 0 Å². The van der Waals surface area contributed by atoms with Crippen molar-refractivity contribution in [1.82, 2.24) is 4.90 Å². The van der Waals surface area contributed by atoms with Crippen molar-refractivity contribution < 1.29 is 4.39 Å². The molecule has 1 aliphatic carbocycles. The lowest BCUT2D eigenvalue weighted by Crippen LogP contribution is -2.45. The van der Waals surface area contributed by atoms with Crippen molar-refractivity contribution in [2.75, 3.05) is 6.54 Å².